The molecule has 0 atom stereocenters. The van der Waals surface area contributed by atoms with Gasteiger partial charge in [-0.05, 0) is 11.6 Å². The normalized spacial score (nSPS) is 10.3. The minimum atomic E-state index is -0.449. The fourth-order valence-electron chi connectivity index (χ4n) is 1.33. The topological polar surface area (TPSA) is 55.2 Å². The first-order valence-electron chi connectivity index (χ1n) is 5.47. The molecular formula is C12H15ClN2O2S. The van der Waals surface area contributed by atoms with Gasteiger partial charge >= 0.3 is 0 Å². The van der Waals surface area contributed by atoms with Crippen LogP contribution in [0.5, 0.6) is 0 Å². The third-order valence-electron chi connectivity index (χ3n) is 2.22. The van der Waals surface area contributed by atoms with Crippen LogP contribution in [0.2, 0.25) is 5.02 Å². The summed E-state index contributed by atoms with van der Waals surface area (Å²) in [6, 6.07) is 4.53. The van der Waals surface area contributed by atoms with Crippen molar-refractivity contribution in [3.63, 3.8) is 0 Å². The van der Waals surface area contributed by atoms with E-state index in [1.165, 1.54) is 12.1 Å². The molecule has 0 spiro atoms. The number of nitrogens with one attached hydrogen (secondary N) is 1. The van der Waals surface area contributed by atoms with Gasteiger partial charge in [-0.15, -0.1) is 6.58 Å². The summed E-state index contributed by atoms with van der Waals surface area (Å²) in [6.07, 6.45) is 1.87. The molecular weight excluding hydrogens is 272 g/mol. The summed E-state index contributed by atoms with van der Waals surface area (Å²) < 4.78 is 0. The zero-order chi connectivity index (χ0) is 13.4. The molecule has 0 aliphatic rings. The Morgan fingerprint density at radius 1 is 1.56 bits per heavy atom. The number of hydrogen-bond acceptors (Lipinski definition) is 4. The molecule has 0 saturated carbocycles. The van der Waals surface area contributed by atoms with Crippen LogP contribution in [-0.4, -0.2) is 23.0 Å². The molecule has 1 rings (SSSR count). The van der Waals surface area contributed by atoms with Gasteiger partial charge in [0.2, 0.25) is 0 Å². The van der Waals surface area contributed by atoms with Gasteiger partial charge in [0.25, 0.3) is 5.69 Å². The molecule has 0 bridgehead atoms. The van der Waals surface area contributed by atoms with Gasteiger partial charge in [-0.1, -0.05) is 17.7 Å². The van der Waals surface area contributed by atoms with Crippen molar-refractivity contribution in [1.29, 1.82) is 0 Å². The van der Waals surface area contributed by atoms with Crippen molar-refractivity contribution in [3.05, 3.63) is 51.6 Å². The second-order valence-electron chi connectivity index (χ2n) is 3.57. The molecule has 0 fully saturated rings. The quantitative estimate of drug-likeness (QED) is 0.345. The molecule has 6 heteroatoms. The third-order valence-corrected chi connectivity index (χ3v) is 3.54. The summed E-state index contributed by atoms with van der Waals surface area (Å²) in [6.45, 7) is 5.13. The summed E-state index contributed by atoms with van der Waals surface area (Å²) in [5.74, 6) is 1.94. The Bertz CT molecular complexity index is 427. The first-order chi connectivity index (χ1) is 8.65. The maximum atomic E-state index is 10.5. The number of benzene rings is 1. The molecule has 0 radical (unpaired) electrons. The predicted molar refractivity (Wildman–Crippen MR) is 77.3 cm³/mol. The third kappa shape index (κ3) is 5.08. The smallest absolute Gasteiger partial charge is 0.270 e. The fraction of sp³-hybridized carbons (Fsp3) is 0.333. The summed E-state index contributed by atoms with van der Waals surface area (Å²) in [4.78, 5) is 10.1. The van der Waals surface area contributed by atoms with E-state index in [0.717, 1.165) is 23.6 Å². The Balaban J connectivity index is 2.38. The highest BCUT2D eigenvalue weighted by Gasteiger charge is 2.08. The van der Waals surface area contributed by atoms with E-state index in [2.05, 4.69) is 11.9 Å². The first kappa shape index (κ1) is 15.0. The van der Waals surface area contributed by atoms with Gasteiger partial charge in [0.15, 0.2) is 0 Å². The van der Waals surface area contributed by atoms with Gasteiger partial charge < -0.3 is 5.32 Å². The summed E-state index contributed by atoms with van der Waals surface area (Å²) >= 11 is 7.77. The maximum Gasteiger partial charge on any atom is 0.270 e. The molecule has 4 nitrogen and oxygen atoms in total. The highest BCUT2D eigenvalue weighted by atomic mass is 35.5. The molecule has 0 heterocycles. The van der Waals surface area contributed by atoms with Crippen molar-refractivity contribution >= 4 is 29.1 Å². The number of nitro benzene ring substituents is 1. The largest absolute Gasteiger partial charge is 0.312 e. The zero-order valence-electron chi connectivity index (χ0n) is 9.89. The molecule has 1 aromatic rings. The Morgan fingerprint density at radius 3 is 2.94 bits per heavy atom. The summed E-state index contributed by atoms with van der Waals surface area (Å²) in [5, 5.41) is 14.2. The molecule has 0 unspecified atom stereocenters. The number of nitro groups is 1. The number of nitrogens with zero attached hydrogens (tertiary/aromatic N) is 1. The maximum absolute atomic E-state index is 10.5. The van der Waals surface area contributed by atoms with E-state index < -0.39 is 4.92 Å². The molecule has 0 aliphatic carbocycles. The lowest BCUT2D eigenvalue weighted by Gasteiger charge is -2.06. The zero-order valence-corrected chi connectivity index (χ0v) is 11.5. The van der Waals surface area contributed by atoms with E-state index in [9.17, 15) is 10.1 Å². The van der Waals surface area contributed by atoms with E-state index in [4.69, 9.17) is 11.6 Å². The average molecular weight is 287 g/mol. The van der Waals surface area contributed by atoms with E-state index in [1.54, 1.807) is 17.8 Å². The summed E-state index contributed by atoms with van der Waals surface area (Å²) in [7, 11) is 0. The number of non-ortho nitro benzene ring substituents is 1. The van der Waals surface area contributed by atoms with Gasteiger partial charge in [0, 0.05) is 36.7 Å². The lowest BCUT2D eigenvalue weighted by molar-refractivity contribution is -0.384. The van der Waals surface area contributed by atoms with Crippen molar-refractivity contribution in [2.75, 3.05) is 18.1 Å². The van der Waals surface area contributed by atoms with Crippen LogP contribution in [0.3, 0.4) is 0 Å². The Labute approximate surface area is 116 Å². The van der Waals surface area contributed by atoms with Crippen molar-refractivity contribution in [2.45, 2.75) is 6.54 Å². The monoisotopic (exact) mass is 286 g/mol. The van der Waals surface area contributed by atoms with Crippen LogP contribution in [0.15, 0.2) is 30.9 Å². The second kappa shape index (κ2) is 8.13. The molecule has 0 aliphatic heterocycles. The van der Waals surface area contributed by atoms with Crippen molar-refractivity contribution in [1.82, 2.24) is 5.32 Å². The lowest BCUT2D eigenvalue weighted by Crippen LogP contribution is -2.16. The van der Waals surface area contributed by atoms with Crippen molar-refractivity contribution in [2.24, 2.45) is 0 Å². The van der Waals surface area contributed by atoms with Gasteiger partial charge in [-0.25, -0.2) is 0 Å². The summed E-state index contributed by atoms with van der Waals surface area (Å²) in [5.41, 5.74) is 0.890. The molecule has 0 amide bonds. The van der Waals surface area contributed by atoms with Crippen LogP contribution >= 0.6 is 23.4 Å². The number of halogens is 1. The number of thioether (sulfide) groups is 1. The van der Waals surface area contributed by atoms with E-state index in [-0.39, 0.29) is 5.69 Å². The van der Waals surface area contributed by atoms with E-state index in [1.807, 2.05) is 6.08 Å². The molecule has 0 aromatic heterocycles. The van der Waals surface area contributed by atoms with Gasteiger partial charge in [0.05, 0.1) is 9.95 Å². The SMILES string of the molecule is C=CCSCCNCc1ccc([N+](=O)[O-])cc1Cl. The average Bonchev–Trinajstić information content (AvgIpc) is 2.35. The molecule has 1 N–H and O–H groups in total. The van der Waals surface area contributed by atoms with Crippen LogP contribution in [0.25, 0.3) is 0 Å². The fourth-order valence-corrected chi connectivity index (χ4v) is 2.19. The minimum Gasteiger partial charge on any atom is -0.312 e. The first-order valence-corrected chi connectivity index (χ1v) is 7.00. The predicted octanol–water partition coefficient (Wildman–Crippen LogP) is 3.26. The van der Waals surface area contributed by atoms with Crippen LogP contribution in [0.4, 0.5) is 5.69 Å². The highest BCUT2D eigenvalue weighted by Crippen LogP contribution is 2.22. The minimum absolute atomic E-state index is 0.0188. The van der Waals surface area contributed by atoms with E-state index in [0.29, 0.717) is 11.6 Å². The highest BCUT2D eigenvalue weighted by molar-refractivity contribution is 7.99. The van der Waals surface area contributed by atoms with Crippen molar-refractivity contribution < 1.29 is 4.92 Å². The number of rotatable bonds is 8. The Kier molecular flexibility index (Phi) is 6.78. The van der Waals surface area contributed by atoms with Crippen LogP contribution in [-0.2, 0) is 6.54 Å². The second-order valence-corrected chi connectivity index (χ2v) is 5.13. The number of hydrogen-bond donors (Lipinski definition) is 1. The van der Waals surface area contributed by atoms with Gasteiger partial charge in [-0.2, -0.15) is 11.8 Å². The molecule has 98 valence electrons. The van der Waals surface area contributed by atoms with E-state index >= 15 is 0 Å². The Hall–Kier alpha value is -1.04. The van der Waals surface area contributed by atoms with Gasteiger partial charge in [-0.3, -0.25) is 10.1 Å². The Morgan fingerprint density at radius 2 is 2.33 bits per heavy atom. The lowest BCUT2D eigenvalue weighted by atomic mass is 10.2. The van der Waals surface area contributed by atoms with Crippen LogP contribution in [0, 0.1) is 10.1 Å². The van der Waals surface area contributed by atoms with Crippen LogP contribution < -0.4 is 5.32 Å². The molecule has 1 aromatic carbocycles. The molecule has 18 heavy (non-hydrogen) atoms. The molecule has 0 saturated heterocycles. The van der Waals surface area contributed by atoms with Gasteiger partial charge in [0.1, 0.15) is 0 Å². The van der Waals surface area contributed by atoms with Crippen molar-refractivity contribution in [3.8, 4) is 0 Å². The standard InChI is InChI=1S/C12H15ClN2O2S/c1-2-6-18-7-5-14-9-10-3-4-11(15(16)17)8-12(10)13/h2-4,8,14H,1,5-7,9H2. The van der Waals surface area contributed by atoms with Crippen LogP contribution in [0.1, 0.15) is 5.56 Å².